The number of piperazine rings is 1. The number of nitrogens with one attached hydrogen (secondary N) is 1. The predicted molar refractivity (Wildman–Crippen MR) is 170 cm³/mol. The quantitative estimate of drug-likeness (QED) is 0.321. The molecular formula is C32H28F2N8O3S. The molecule has 14 heteroatoms. The van der Waals surface area contributed by atoms with Crippen molar-refractivity contribution in [2.45, 2.75) is 37.1 Å². The van der Waals surface area contributed by atoms with Crippen LogP contribution in [0.25, 0.3) is 28.0 Å². The molecule has 0 spiro atoms. The zero-order chi connectivity index (χ0) is 32.7. The van der Waals surface area contributed by atoms with Crippen LogP contribution in [0.1, 0.15) is 31.9 Å². The lowest BCUT2D eigenvalue weighted by atomic mass is 10.0. The summed E-state index contributed by atoms with van der Waals surface area (Å²) < 4.78 is 32.9. The topological polar surface area (TPSA) is 137 Å². The molecule has 1 saturated heterocycles. The van der Waals surface area contributed by atoms with Gasteiger partial charge in [-0.2, -0.15) is 10.2 Å². The first kappa shape index (κ1) is 30.8. The van der Waals surface area contributed by atoms with Crippen LogP contribution in [0.5, 0.6) is 0 Å². The van der Waals surface area contributed by atoms with Crippen LogP contribution in [0, 0.1) is 23.0 Å². The molecule has 2 aliphatic heterocycles. The lowest BCUT2D eigenvalue weighted by molar-refractivity contribution is -0.128. The van der Waals surface area contributed by atoms with Gasteiger partial charge in [-0.05, 0) is 36.3 Å². The molecule has 46 heavy (non-hydrogen) atoms. The maximum Gasteiger partial charge on any atom is 0.355 e. The van der Waals surface area contributed by atoms with Crippen molar-refractivity contribution in [3.05, 3.63) is 77.0 Å². The summed E-state index contributed by atoms with van der Waals surface area (Å²) in [7, 11) is 0. The minimum Gasteiger partial charge on any atom is -0.352 e. The lowest BCUT2D eigenvalue weighted by Crippen LogP contribution is -2.55. The van der Waals surface area contributed by atoms with Gasteiger partial charge in [0, 0.05) is 30.7 Å². The summed E-state index contributed by atoms with van der Waals surface area (Å²) in [4.78, 5) is 57.1. The molecule has 0 unspecified atom stereocenters. The number of hydrogen-bond acceptors (Lipinski definition) is 9. The van der Waals surface area contributed by atoms with Crippen LogP contribution in [0.2, 0.25) is 0 Å². The first-order valence-corrected chi connectivity index (χ1v) is 15.5. The minimum atomic E-state index is -0.905. The number of nitrogens with zero attached hydrogens (tertiary/aromatic N) is 7. The summed E-state index contributed by atoms with van der Waals surface area (Å²) >= 11 is 1.16. The van der Waals surface area contributed by atoms with E-state index in [9.17, 15) is 19.6 Å². The molecule has 1 fully saturated rings. The van der Waals surface area contributed by atoms with E-state index in [1.54, 1.807) is 17.2 Å². The number of benzene rings is 1. The van der Waals surface area contributed by atoms with Crippen molar-refractivity contribution in [3.8, 4) is 23.0 Å². The van der Waals surface area contributed by atoms with E-state index in [0.717, 1.165) is 23.9 Å². The van der Waals surface area contributed by atoms with Crippen LogP contribution >= 0.6 is 11.8 Å². The Morgan fingerprint density at radius 3 is 2.76 bits per heavy atom. The number of rotatable bonds is 4. The SMILES string of the molecule is C=CC(=O)N1CCN(c2nc(=O)n3c4nc(c(F)cc24)-c2c(F)cccc2NC(=O)CSc2ccnc(C(C)C)c2-3)C[C@@H]1CC#N. The third-order valence-corrected chi connectivity index (χ3v) is 8.98. The highest BCUT2D eigenvalue weighted by atomic mass is 32.2. The fourth-order valence-electron chi connectivity index (χ4n) is 5.87. The van der Waals surface area contributed by atoms with Gasteiger partial charge in [0.2, 0.25) is 11.8 Å². The first-order chi connectivity index (χ1) is 22.1. The van der Waals surface area contributed by atoms with Crippen molar-refractivity contribution in [3.63, 3.8) is 0 Å². The highest BCUT2D eigenvalue weighted by molar-refractivity contribution is 8.00. The van der Waals surface area contributed by atoms with E-state index in [-0.39, 0.29) is 71.7 Å². The lowest BCUT2D eigenvalue weighted by Gasteiger charge is -2.41. The van der Waals surface area contributed by atoms with Crippen LogP contribution in [-0.4, -0.2) is 67.7 Å². The number of fused-ring (bicyclic) bond motifs is 5. The molecule has 2 aliphatic rings. The number of nitriles is 1. The van der Waals surface area contributed by atoms with Crippen LogP contribution in [0.15, 0.2) is 58.9 Å². The molecule has 6 rings (SSSR count). The Balaban J connectivity index is 1.68. The van der Waals surface area contributed by atoms with Crippen molar-refractivity contribution in [1.29, 1.82) is 5.26 Å². The normalized spacial score (nSPS) is 16.3. The molecule has 234 valence electrons. The molecule has 0 aliphatic carbocycles. The number of aromatic nitrogens is 4. The van der Waals surface area contributed by atoms with Gasteiger partial charge in [-0.1, -0.05) is 26.5 Å². The number of hydrogen-bond donors (Lipinski definition) is 1. The number of halogens is 2. The van der Waals surface area contributed by atoms with Gasteiger partial charge in [-0.3, -0.25) is 14.6 Å². The van der Waals surface area contributed by atoms with E-state index in [0.29, 0.717) is 16.3 Å². The fraction of sp³-hybridized carbons (Fsp3) is 0.281. The second-order valence-corrected chi connectivity index (χ2v) is 12.2. The van der Waals surface area contributed by atoms with E-state index in [4.69, 9.17) is 0 Å². The van der Waals surface area contributed by atoms with Gasteiger partial charge < -0.3 is 15.1 Å². The molecule has 2 bridgehead atoms. The second-order valence-electron chi connectivity index (χ2n) is 11.1. The molecule has 4 aromatic rings. The van der Waals surface area contributed by atoms with Gasteiger partial charge in [0.1, 0.15) is 17.3 Å². The molecule has 1 atom stereocenters. The van der Waals surface area contributed by atoms with Gasteiger partial charge in [0.05, 0.1) is 52.3 Å². The molecule has 1 aromatic carbocycles. The predicted octanol–water partition coefficient (Wildman–Crippen LogP) is 4.41. The third-order valence-electron chi connectivity index (χ3n) is 7.94. The number of carbonyl (C=O) groups is 2. The van der Waals surface area contributed by atoms with E-state index >= 15 is 8.78 Å². The molecule has 5 heterocycles. The summed E-state index contributed by atoms with van der Waals surface area (Å²) in [5, 5.41) is 12.3. The van der Waals surface area contributed by atoms with Crippen molar-refractivity contribution in [2.24, 2.45) is 0 Å². The van der Waals surface area contributed by atoms with Crippen molar-refractivity contribution < 1.29 is 18.4 Å². The van der Waals surface area contributed by atoms with E-state index in [1.807, 2.05) is 13.8 Å². The number of carbonyl (C=O) groups excluding carboxylic acids is 2. The zero-order valence-corrected chi connectivity index (χ0v) is 25.8. The summed E-state index contributed by atoms with van der Waals surface area (Å²) in [5.41, 5.74) is -0.524. The Hall–Kier alpha value is -5.16. The van der Waals surface area contributed by atoms with Crippen LogP contribution < -0.4 is 15.9 Å². The third kappa shape index (κ3) is 5.36. The van der Waals surface area contributed by atoms with Crippen LogP contribution in [0.4, 0.5) is 20.3 Å². The molecule has 11 nitrogen and oxygen atoms in total. The Bertz CT molecular complexity index is 2030. The summed E-state index contributed by atoms with van der Waals surface area (Å²) in [6.07, 6.45) is 2.78. The zero-order valence-electron chi connectivity index (χ0n) is 25.0. The highest BCUT2D eigenvalue weighted by Gasteiger charge is 2.33. The number of pyridine rings is 2. The van der Waals surface area contributed by atoms with Crippen molar-refractivity contribution in [1.82, 2.24) is 24.4 Å². The Morgan fingerprint density at radius 1 is 1.22 bits per heavy atom. The van der Waals surface area contributed by atoms with Gasteiger partial charge >= 0.3 is 5.69 Å². The van der Waals surface area contributed by atoms with E-state index < -0.39 is 35.0 Å². The second kappa shape index (κ2) is 12.3. The van der Waals surface area contributed by atoms with Crippen molar-refractivity contribution >= 4 is 46.1 Å². The van der Waals surface area contributed by atoms with Gasteiger partial charge in [-0.25, -0.2) is 23.1 Å². The smallest absolute Gasteiger partial charge is 0.352 e. The van der Waals surface area contributed by atoms with Gasteiger partial charge in [0.25, 0.3) is 0 Å². The maximum absolute atomic E-state index is 16.2. The van der Waals surface area contributed by atoms with Gasteiger partial charge in [-0.15, -0.1) is 11.8 Å². The highest BCUT2D eigenvalue weighted by Crippen LogP contribution is 2.38. The Labute approximate surface area is 266 Å². The molecule has 0 radical (unpaired) electrons. The fourth-order valence-corrected chi connectivity index (χ4v) is 6.72. The summed E-state index contributed by atoms with van der Waals surface area (Å²) in [6.45, 7) is 7.91. The number of anilines is 2. The van der Waals surface area contributed by atoms with Crippen LogP contribution in [-0.2, 0) is 9.59 Å². The molecule has 2 amide bonds. The first-order valence-electron chi connectivity index (χ1n) is 14.5. The van der Waals surface area contributed by atoms with Crippen LogP contribution in [0.3, 0.4) is 0 Å². The average Bonchev–Trinajstić information content (AvgIpc) is 3.03. The molecular weight excluding hydrogens is 614 g/mol. The van der Waals surface area contributed by atoms with E-state index in [1.165, 1.54) is 27.7 Å². The van der Waals surface area contributed by atoms with Gasteiger partial charge in [0.15, 0.2) is 11.5 Å². The van der Waals surface area contributed by atoms with E-state index in [2.05, 4.69) is 32.9 Å². The Morgan fingerprint density at radius 2 is 2.02 bits per heavy atom. The molecule has 1 N–H and O–H groups in total. The minimum absolute atomic E-state index is 0.00526. The molecule has 0 saturated carbocycles. The average molecular weight is 643 g/mol. The summed E-state index contributed by atoms with van der Waals surface area (Å²) in [5.74, 6) is -2.68. The number of thioether (sulfide) groups is 1. The monoisotopic (exact) mass is 642 g/mol. The Kier molecular flexibility index (Phi) is 8.26. The maximum atomic E-state index is 16.2. The standard InChI is InChI=1S/C32H28F2N8O3S/c1-4-25(44)41-13-12-40(15-18(41)8-10-35)30-19-14-21(34)28-26-20(33)6-5-7-22(26)37-24(43)16-46-23-9-11-36-27(17(2)3)29(23)42(31(19)38-28)32(45)39-30/h4-7,9,11,14,17-18H,1,8,12-13,15-16H2,2-3H3,(H,37,43)/t18-/m0/s1. The summed E-state index contributed by atoms with van der Waals surface area (Å²) in [6, 6.07) is 8.37. The van der Waals surface area contributed by atoms with Crippen molar-refractivity contribution in [2.75, 3.05) is 35.6 Å². The largest absolute Gasteiger partial charge is 0.355 e. The number of amides is 2. The molecule has 3 aromatic heterocycles.